The molecule has 2 aromatic rings. The first-order chi connectivity index (χ1) is 14.4. The molecule has 0 aromatic heterocycles. The number of benzene rings is 2. The number of alkyl halides is 3. The fraction of sp³-hybridized carbons (Fsp3) is 0.350. The Morgan fingerprint density at radius 1 is 1.10 bits per heavy atom. The van der Waals surface area contributed by atoms with E-state index in [1.165, 1.54) is 28.6 Å². The number of halogens is 4. The molecule has 1 fully saturated rings. The van der Waals surface area contributed by atoms with Gasteiger partial charge in [0.15, 0.2) is 0 Å². The van der Waals surface area contributed by atoms with Gasteiger partial charge >= 0.3 is 6.18 Å². The standard InChI is InChI=1S/C20H20ClF3N2O4S/c1-12-10-26(11-13(2)30-12)31(28,29)16-6-3-14(4-7-16)19(27)25-18-8-5-15(9-17(18)21)20(22,23)24/h3-9,12-13H,10-11H2,1-2H3,(H,25,27)/t12-,13-/m1/s1. The minimum absolute atomic E-state index is 0.00709. The van der Waals surface area contributed by atoms with Crippen LogP contribution in [-0.2, 0) is 20.9 Å². The quantitative estimate of drug-likeness (QED) is 0.709. The SMILES string of the molecule is C[C@@H]1CN(S(=O)(=O)c2ccc(C(=O)Nc3ccc(C(F)(F)F)cc3Cl)cc2)C[C@@H](C)O1. The molecular weight excluding hydrogens is 457 g/mol. The van der Waals surface area contributed by atoms with Crippen LogP contribution in [0.5, 0.6) is 0 Å². The van der Waals surface area contributed by atoms with Crippen LogP contribution >= 0.6 is 11.6 Å². The van der Waals surface area contributed by atoms with Gasteiger partial charge in [0.2, 0.25) is 10.0 Å². The van der Waals surface area contributed by atoms with Crippen LogP contribution in [0.15, 0.2) is 47.4 Å². The zero-order valence-corrected chi connectivity index (χ0v) is 18.2. The van der Waals surface area contributed by atoms with E-state index in [1.54, 1.807) is 13.8 Å². The van der Waals surface area contributed by atoms with Gasteiger partial charge in [-0.3, -0.25) is 4.79 Å². The van der Waals surface area contributed by atoms with E-state index in [0.29, 0.717) is 0 Å². The first kappa shape index (κ1) is 23.5. The van der Waals surface area contributed by atoms with Crippen LogP contribution in [-0.4, -0.2) is 43.9 Å². The van der Waals surface area contributed by atoms with Crippen LogP contribution in [0.1, 0.15) is 29.8 Å². The summed E-state index contributed by atoms with van der Waals surface area (Å²) < 4.78 is 70.8. The van der Waals surface area contributed by atoms with Gasteiger partial charge in [0.05, 0.1) is 33.4 Å². The van der Waals surface area contributed by atoms with Gasteiger partial charge in [0, 0.05) is 18.7 Å². The number of ether oxygens (including phenoxy) is 1. The van der Waals surface area contributed by atoms with E-state index in [-0.39, 0.29) is 46.5 Å². The van der Waals surface area contributed by atoms with Gasteiger partial charge in [-0.1, -0.05) is 11.6 Å². The Hall–Kier alpha value is -2.14. The number of nitrogens with one attached hydrogen (secondary N) is 1. The zero-order valence-electron chi connectivity index (χ0n) is 16.6. The molecular formula is C20H20ClF3N2O4S. The number of morpholine rings is 1. The number of nitrogens with zero attached hydrogens (tertiary/aromatic N) is 1. The van der Waals surface area contributed by atoms with Crippen molar-refractivity contribution >= 4 is 33.2 Å². The predicted octanol–water partition coefficient (Wildman–Crippen LogP) is 4.41. The maximum atomic E-state index is 12.9. The third-order valence-electron chi connectivity index (χ3n) is 4.69. The van der Waals surface area contributed by atoms with Crippen LogP contribution in [0.25, 0.3) is 0 Å². The third kappa shape index (κ3) is 5.38. The first-order valence-electron chi connectivity index (χ1n) is 9.31. The Balaban J connectivity index is 1.75. The molecule has 31 heavy (non-hydrogen) atoms. The topological polar surface area (TPSA) is 75.7 Å². The highest BCUT2D eigenvalue weighted by molar-refractivity contribution is 7.89. The van der Waals surface area contributed by atoms with Crippen molar-refractivity contribution in [1.82, 2.24) is 4.31 Å². The van der Waals surface area contributed by atoms with Crippen molar-refractivity contribution in [3.63, 3.8) is 0 Å². The summed E-state index contributed by atoms with van der Waals surface area (Å²) in [6.45, 7) is 4.03. The Morgan fingerprint density at radius 2 is 1.68 bits per heavy atom. The van der Waals surface area contributed by atoms with Crippen molar-refractivity contribution in [3.8, 4) is 0 Å². The lowest BCUT2D eigenvalue weighted by molar-refractivity contribution is -0.137. The van der Waals surface area contributed by atoms with Crippen LogP contribution in [0.3, 0.4) is 0 Å². The van der Waals surface area contributed by atoms with Crippen LogP contribution in [0.2, 0.25) is 5.02 Å². The molecule has 1 N–H and O–H groups in total. The van der Waals surface area contributed by atoms with E-state index in [4.69, 9.17) is 16.3 Å². The molecule has 0 unspecified atom stereocenters. The van der Waals surface area contributed by atoms with Gasteiger partial charge in [0.25, 0.3) is 5.91 Å². The van der Waals surface area contributed by atoms with E-state index in [1.807, 2.05) is 0 Å². The normalized spacial score (nSPS) is 20.5. The largest absolute Gasteiger partial charge is 0.416 e. The Kier molecular flexibility index (Phi) is 6.66. The van der Waals surface area contributed by atoms with Crippen molar-refractivity contribution in [1.29, 1.82) is 0 Å². The molecule has 2 aromatic carbocycles. The molecule has 1 aliphatic heterocycles. The molecule has 0 aliphatic carbocycles. The molecule has 2 atom stereocenters. The molecule has 1 aliphatic rings. The van der Waals surface area contributed by atoms with Gasteiger partial charge in [-0.25, -0.2) is 8.42 Å². The van der Waals surface area contributed by atoms with E-state index in [9.17, 15) is 26.4 Å². The molecule has 1 heterocycles. The fourth-order valence-corrected chi connectivity index (χ4v) is 5.06. The molecule has 11 heteroatoms. The van der Waals surface area contributed by atoms with Crippen LogP contribution in [0, 0.1) is 0 Å². The maximum Gasteiger partial charge on any atom is 0.416 e. The number of amides is 1. The highest BCUT2D eigenvalue weighted by Crippen LogP contribution is 2.34. The van der Waals surface area contributed by atoms with Crippen LogP contribution < -0.4 is 5.32 Å². The van der Waals surface area contributed by atoms with E-state index in [0.717, 1.165) is 18.2 Å². The number of hydrogen-bond acceptors (Lipinski definition) is 4. The Bertz CT molecular complexity index is 1060. The second kappa shape index (κ2) is 8.78. The van der Waals surface area contributed by atoms with Gasteiger partial charge in [-0.05, 0) is 56.3 Å². The summed E-state index contributed by atoms with van der Waals surface area (Å²) in [4.78, 5) is 12.5. The Morgan fingerprint density at radius 3 is 2.19 bits per heavy atom. The second-order valence-electron chi connectivity index (χ2n) is 7.25. The molecule has 168 valence electrons. The third-order valence-corrected chi connectivity index (χ3v) is 6.84. The maximum absolute atomic E-state index is 12.9. The molecule has 1 amide bonds. The number of carbonyl (C=O) groups excluding carboxylic acids is 1. The summed E-state index contributed by atoms with van der Waals surface area (Å²) in [6, 6.07) is 7.86. The first-order valence-corrected chi connectivity index (χ1v) is 11.1. The predicted molar refractivity (Wildman–Crippen MR) is 110 cm³/mol. The van der Waals surface area contributed by atoms with E-state index < -0.39 is 27.7 Å². The summed E-state index contributed by atoms with van der Waals surface area (Å²) in [5, 5.41) is 2.16. The molecule has 1 saturated heterocycles. The number of hydrogen-bond donors (Lipinski definition) is 1. The van der Waals surface area contributed by atoms with Gasteiger partial charge < -0.3 is 10.1 Å². The minimum Gasteiger partial charge on any atom is -0.373 e. The summed E-state index contributed by atoms with van der Waals surface area (Å²) in [6.07, 6.45) is -5.03. The van der Waals surface area contributed by atoms with Crippen molar-refractivity contribution in [2.75, 3.05) is 18.4 Å². The lowest BCUT2D eigenvalue weighted by Gasteiger charge is -2.34. The van der Waals surface area contributed by atoms with Crippen molar-refractivity contribution in [3.05, 3.63) is 58.6 Å². The average Bonchev–Trinajstić information content (AvgIpc) is 2.68. The molecule has 0 spiro atoms. The highest BCUT2D eigenvalue weighted by atomic mass is 35.5. The summed E-state index contributed by atoms with van der Waals surface area (Å²) in [7, 11) is -3.76. The fourth-order valence-electron chi connectivity index (χ4n) is 3.24. The molecule has 3 rings (SSSR count). The molecule has 6 nitrogen and oxygen atoms in total. The Labute approximate surface area is 183 Å². The lowest BCUT2D eigenvalue weighted by atomic mass is 10.1. The average molecular weight is 477 g/mol. The van der Waals surface area contributed by atoms with Crippen LogP contribution in [0.4, 0.5) is 18.9 Å². The molecule has 0 saturated carbocycles. The van der Waals surface area contributed by atoms with Crippen molar-refractivity contribution in [2.24, 2.45) is 0 Å². The number of anilines is 1. The zero-order chi connectivity index (χ0) is 23.0. The van der Waals surface area contributed by atoms with Gasteiger partial charge in [0.1, 0.15) is 0 Å². The molecule has 0 radical (unpaired) electrons. The highest BCUT2D eigenvalue weighted by Gasteiger charge is 2.33. The summed E-state index contributed by atoms with van der Waals surface area (Å²) in [5.74, 6) is -0.640. The van der Waals surface area contributed by atoms with Crippen molar-refractivity contribution < 1.29 is 31.1 Å². The monoisotopic (exact) mass is 476 g/mol. The smallest absolute Gasteiger partial charge is 0.373 e. The van der Waals surface area contributed by atoms with Gasteiger partial charge in [-0.2, -0.15) is 17.5 Å². The number of rotatable bonds is 4. The van der Waals surface area contributed by atoms with Gasteiger partial charge in [-0.15, -0.1) is 0 Å². The summed E-state index contributed by atoms with van der Waals surface area (Å²) >= 11 is 5.85. The lowest BCUT2D eigenvalue weighted by Crippen LogP contribution is -2.48. The van der Waals surface area contributed by atoms with Crippen molar-refractivity contribution in [2.45, 2.75) is 37.1 Å². The van der Waals surface area contributed by atoms with E-state index in [2.05, 4.69) is 5.32 Å². The minimum atomic E-state index is -4.55. The summed E-state index contributed by atoms with van der Waals surface area (Å²) in [5.41, 5.74) is -0.803. The second-order valence-corrected chi connectivity index (χ2v) is 9.60. The molecule has 0 bridgehead atoms. The number of sulfonamides is 1. The number of carbonyl (C=O) groups is 1. The van der Waals surface area contributed by atoms with E-state index >= 15 is 0 Å².